The number of aromatic amines is 2. The van der Waals surface area contributed by atoms with E-state index in [1.165, 1.54) is 21.6 Å². The van der Waals surface area contributed by atoms with Crippen LogP contribution in [0.5, 0.6) is 11.5 Å². The van der Waals surface area contributed by atoms with Crippen LogP contribution in [-0.2, 0) is 37.8 Å². The number of piperidine rings is 1. The predicted octanol–water partition coefficient (Wildman–Crippen LogP) is 5.42. The van der Waals surface area contributed by atoms with E-state index in [1.807, 2.05) is 18.3 Å². The molecule has 9 rings (SSSR count). The zero-order chi connectivity index (χ0) is 39.4. The van der Waals surface area contributed by atoms with Crippen molar-refractivity contribution in [3.05, 3.63) is 93.3 Å². The van der Waals surface area contributed by atoms with Gasteiger partial charge in [-0.15, -0.1) is 0 Å². The molecule has 57 heavy (non-hydrogen) atoms. The molecule has 0 saturated carbocycles. The average molecular weight is 774 g/mol. The van der Waals surface area contributed by atoms with Crippen molar-refractivity contribution in [1.29, 1.82) is 0 Å². The van der Waals surface area contributed by atoms with E-state index in [9.17, 15) is 14.4 Å². The van der Waals surface area contributed by atoms with Crippen LogP contribution in [-0.4, -0.2) is 82.2 Å². The van der Waals surface area contributed by atoms with Gasteiger partial charge in [0.05, 0.1) is 31.7 Å². The van der Waals surface area contributed by atoms with Crippen molar-refractivity contribution in [3.63, 3.8) is 0 Å². The molecule has 0 radical (unpaired) electrons. The molecule has 3 aliphatic rings. The molecule has 0 unspecified atom stereocenters. The first-order valence-corrected chi connectivity index (χ1v) is 19.3. The summed E-state index contributed by atoms with van der Waals surface area (Å²) in [6, 6.07) is 13.7. The summed E-state index contributed by atoms with van der Waals surface area (Å²) in [7, 11) is 5.08. The number of hydrogen-bond donors (Lipinski definition) is 3. The lowest BCUT2D eigenvalue weighted by molar-refractivity contribution is -0.120. The van der Waals surface area contributed by atoms with Crippen LogP contribution in [0.25, 0.3) is 32.9 Å². The highest BCUT2D eigenvalue weighted by Gasteiger charge is 2.30. The third-order valence-electron chi connectivity index (χ3n) is 11.9. The highest BCUT2D eigenvalue weighted by atomic mass is 19.1. The number of nitrogens with zero attached hydrogens (tertiary/aromatic N) is 6. The number of fused-ring (bicyclic) bond motifs is 3. The van der Waals surface area contributed by atoms with Gasteiger partial charge in [0, 0.05) is 75.3 Å². The zero-order valence-corrected chi connectivity index (χ0v) is 32.2. The van der Waals surface area contributed by atoms with E-state index in [0.717, 1.165) is 85.4 Å². The van der Waals surface area contributed by atoms with E-state index >= 15 is 4.39 Å². The summed E-state index contributed by atoms with van der Waals surface area (Å²) in [5.74, 6) is 1.53. The van der Waals surface area contributed by atoms with Crippen LogP contribution in [0.15, 0.2) is 59.7 Å². The standard InChI is InChI=1S/C42H44FN9O5/c1-49-22-31(30-20-44-46-39(30)41(49)54)27-18-34(56-2)32(35(19-27)57-3)23-50-13-11-28-25(5-4-6-26(28)21-50)17-24-9-14-51(15-10-24)33-8-7-29-38(37(33)43)47-48-40(29)52-16-12-36(53)45-42(52)55/h4-8,18-20,22,24H,9-17,21,23H2,1-3H3,(H,44,46)(H,47,48)(H,45,53,55). The Labute approximate surface area is 327 Å². The Bertz CT molecular complexity index is 2580. The van der Waals surface area contributed by atoms with E-state index in [0.29, 0.717) is 34.9 Å². The maximum absolute atomic E-state index is 15.9. The van der Waals surface area contributed by atoms with Crippen LogP contribution >= 0.6 is 0 Å². The summed E-state index contributed by atoms with van der Waals surface area (Å²) >= 11 is 0. The first kappa shape index (κ1) is 36.4. The van der Waals surface area contributed by atoms with Gasteiger partial charge in [-0.3, -0.25) is 34.9 Å². The van der Waals surface area contributed by atoms with Gasteiger partial charge in [0.2, 0.25) is 5.91 Å². The van der Waals surface area contributed by atoms with E-state index in [4.69, 9.17) is 9.47 Å². The lowest BCUT2D eigenvalue weighted by atomic mass is 9.85. The third kappa shape index (κ3) is 6.54. The molecular weight excluding hydrogens is 730 g/mol. The Morgan fingerprint density at radius 1 is 0.912 bits per heavy atom. The second-order valence-corrected chi connectivity index (χ2v) is 15.3. The number of nitrogens with one attached hydrogen (secondary N) is 3. The SMILES string of the molecule is COc1cc(-c2cn(C)c(=O)c3[nH]ncc23)cc(OC)c1CN1CCc2c(CC3CCN(c4ccc5c(N6CCC(=O)NC6=O)n[nH]c5c4F)CC3)cccc2C1. The number of hydrogen-bond acceptors (Lipinski definition) is 9. The molecule has 0 atom stereocenters. The maximum atomic E-state index is 15.9. The zero-order valence-electron chi connectivity index (χ0n) is 32.2. The molecular formula is C42H44FN9O5. The Morgan fingerprint density at radius 3 is 2.46 bits per heavy atom. The fourth-order valence-electron chi connectivity index (χ4n) is 8.91. The van der Waals surface area contributed by atoms with Crippen LogP contribution in [0.3, 0.4) is 0 Å². The summed E-state index contributed by atoms with van der Waals surface area (Å²) in [5, 5.41) is 17.6. The third-order valence-corrected chi connectivity index (χ3v) is 11.9. The lowest BCUT2D eigenvalue weighted by Crippen LogP contribution is -2.49. The molecule has 0 aliphatic carbocycles. The highest BCUT2D eigenvalue weighted by Crippen LogP contribution is 2.39. The minimum atomic E-state index is -0.552. The fraction of sp³-hybridized carbons (Fsp3) is 0.357. The molecule has 2 saturated heterocycles. The van der Waals surface area contributed by atoms with Crippen LogP contribution in [0.2, 0.25) is 0 Å². The summed E-state index contributed by atoms with van der Waals surface area (Å²) in [4.78, 5) is 42.6. The molecule has 3 amide bonds. The molecule has 0 bridgehead atoms. The van der Waals surface area contributed by atoms with Gasteiger partial charge in [-0.25, -0.2) is 9.18 Å². The van der Waals surface area contributed by atoms with Crippen LogP contribution in [0.1, 0.15) is 41.5 Å². The minimum absolute atomic E-state index is 0.137. The molecule has 3 N–H and O–H groups in total. The number of rotatable bonds is 9. The van der Waals surface area contributed by atoms with E-state index in [2.05, 4.69) is 53.7 Å². The number of anilines is 2. The number of aromatic nitrogens is 5. The molecule has 294 valence electrons. The van der Waals surface area contributed by atoms with Crippen molar-refractivity contribution in [2.75, 3.05) is 50.2 Å². The topological polar surface area (TPSA) is 154 Å². The van der Waals surface area contributed by atoms with E-state index in [-0.39, 0.29) is 35.8 Å². The number of aryl methyl sites for hydroxylation is 1. The van der Waals surface area contributed by atoms with Crippen molar-refractivity contribution in [3.8, 4) is 22.6 Å². The Balaban J connectivity index is 0.866. The van der Waals surface area contributed by atoms with Crippen molar-refractivity contribution in [1.82, 2.24) is 35.2 Å². The number of methoxy groups -OCH3 is 2. The first-order chi connectivity index (χ1) is 27.7. The summed E-state index contributed by atoms with van der Waals surface area (Å²) in [5.41, 5.74) is 7.96. The lowest BCUT2D eigenvalue weighted by Gasteiger charge is -2.35. The number of benzene rings is 3. The van der Waals surface area contributed by atoms with Crippen molar-refractivity contribution in [2.45, 2.75) is 45.2 Å². The number of carbonyl (C=O) groups is 2. The van der Waals surface area contributed by atoms with Gasteiger partial charge in [-0.1, -0.05) is 18.2 Å². The van der Waals surface area contributed by atoms with Gasteiger partial charge in [0.1, 0.15) is 22.5 Å². The number of ether oxygens (including phenoxy) is 2. The quantitative estimate of drug-likeness (QED) is 0.175. The smallest absolute Gasteiger partial charge is 0.329 e. The monoisotopic (exact) mass is 773 g/mol. The number of pyridine rings is 1. The molecule has 14 nitrogen and oxygen atoms in total. The largest absolute Gasteiger partial charge is 0.496 e. The Kier molecular flexibility index (Phi) is 9.39. The molecule has 6 heterocycles. The van der Waals surface area contributed by atoms with Gasteiger partial charge < -0.3 is 18.9 Å². The second kappa shape index (κ2) is 14.7. The fourth-order valence-corrected chi connectivity index (χ4v) is 8.91. The number of halogens is 1. The molecule has 15 heteroatoms. The highest BCUT2D eigenvalue weighted by molar-refractivity contribution is 6.09. The van der Waals surface area contributed by atoms with Crippen molar-refractivity contribution in [2.24, 2.45) is 13.0 Å². The molecule has 2 fully saturated rings. The Morgan fingerprint density at radius 2 is 1.70 bits per heavy atom. The van der Waals surface area contributed by atoms with Gasteiger partial charge >= 0.3 is 6.03 Å². The summed E-state index contributed by atoms with van der Waals surface area (Å²) in [6.07, 6.45) is 7.49. The normalized spacial score (nSPS) is 16.7. The van der Waals surface area contributed by atoms with Crippen molar-refractivity contribution < 1.29 is 23.5 Å². The van der Waals surface area contributed by atoms with Gasteiger partial charge in [0.25, 0.3) is 5.56 Å². The van der Waals surface area contributed by atoms with Crippen LogP contribution in [0, 0.1) is 11.7 Å². The van der Waals surface area contributed by atoms with E-state index < -0.39 is 6.03 Å². The number of amides is 3. The van der Waals surface area contributed by atoms with Gasteiger partial charge in [-0.05, 0) is 78.1 Å². The molecule has 3 aliphatic heterocycles. The Hall–Kier alpha value is -6.22. The number of imide groups is 1. The van der Waals surface area contributed by atoms with Gasteiger partial charge in [0.15, 0.2) is 11.6 Å². The number of carbonyl (C=O) groups excluding carboxylic acids is 2. The molecule has 0 spiro atoms. The summed E-state index contributed by atoms with van der Waals surface area (Å²) in [6.45, 7) is 4.03. The summed E-state index contributed by atoms with van der Waals surface area (Å²) < 4.78 is 29.4. The maximum Gasteiger partial charge on any atom is 0.329 e. The van der Waals surface area contributed by atoms with Crippen LogP contribution in [0.4, 0.5) is 20.7 Å². The molecule has 6 aromatic rings. The predicted molar refractivity (Wildman–Crippen MR) is 214 cm³/mol. The molecule has 3 aromatic heterocycles. The second-order valence-electron chi connectivity index (χ2n) is 15.3. The van der Waals surface area contributed by atoms with Crippen molar-refractivity contribution >= 4 is 45.2 Å². The first-order valence-electron chi connectivity index (χ1n) is 19.3. The van der Waals surface area contributed by atoms with E-state index in [1.54, 1.807) is 44.2 Å². The minimum Gasteiger partial charge on any atom is -0.496 e. The number of urea groups is 1. The van der Waals surface area contributed by atoms with Gasteiger partial charge in [-0.2, -0.15) is 10.2 Å². The average Bonchev–Trinajstić information content (AvgIpc) is 3.89. The number of H-pyrrole nitrogens is 2. The molecule has 3 aromatic carbocycles. The van der Waals surface area contributed by atoms with Crippen LogP contribution < -0.4 is 30.1 Å².